The van der Waals surface area contributed by atoms with Gasteiger partial charge in [0.25, 0.3) is 0 Å². The van der Waals surface area contributed by atoms with E-state index in [1.54, 1.807) is 0 Å². The molecule has 1 saturated carbocycles. The molecule has 3 heteroatoms. The third-order valence-corrected chi connectivity index (χ3v) is 4.82. The van der Waals surface area contributed by atoms with E-state index in [-0.39, 0.29) is 17.6 Å². The van der Waals surface area contributed by atoms with Crippen LogP contribution in [0.5, 0.6) is 5.75 Å². The van der Waals surface area contributed by atoms with Crippen LogP contribution < -0.4 is 10.5 Å². The summed E-state index contributed by atoms with van der Waals surface area (Å²) in [5, 5.41) is 0.691. The van der Waals surface area contributed by atoms with Gasteiger partial charge in [-0.2, -0.15) is 0 Å². The molecule has 2 unspecified atom stereocenters. The highest BCUT2D eigenvalue weighted by atomic mass is 35.5. The molecule has 1 fully saturated rings. The van der Waals surface area contributed by atoms with Gasteiger partial charge in [0.15, 0.2) is 0 Å². The number of ether oxygens (including phenoxy) is 1. The summed E-state index contributed by atoms with van der Waals surface area (Å²) in [5.41, 5.74) is 7.44. The molecule has 0 spiro atoms. The van der Waals surface area contributed by atoms with Gasteiger partial charge in [0.05, 0.1) is 5.02 Å². The van der Waals surface area contributed by atoms with Crippen LogP contribution in [0.25, 0.3) is 0 Å². The number of rotatable bonds is 4. The number of benzene rings is 1. The molecule has 1 aliphatic rings. The van der Waals surface area contributed by atoms with E-state index in [0.29, 0.717) is 5.02 Å². The summed E-state index contributed by atoms with van der Waals surface area (Å²) in [4.78, 5) is 0. The van der Waals surface area contributed by atoms with E-state index < -0.39 is 0 Å². The molecule has 100 valence electrons. The molecule has 0 radical (unpaired) electrons. The van der Waals surface area contributed by atoms with E-state index in [1.165, 1.54) is 0 Å². The molecule has 0 saturated heterocycles. The van der Waals surface area contributed by atoms with Crippen LogP contribution in [0.1, 0.15) is 38.7 Å². The molecule has 1 aliphatic carbocycles. The minimum atomic E-state index is 0.119. The Morgan fingerprint density at radius 3 is 2.56 bits per heavy atom. The molecule has 0 heterocycles. The van der Waals surface area contributed by atoms with Gasteiger partial charge in [0, 0.05) is 17.9 Å². The van der Waals surface area contributed by atoms with Crippen molar-refractivity contribution in [3.63, 3.8) is 0 Å². The van der Waals surface area contributed by atoms with Gasteiger partial charge < -0.3 is 10.5 Å². The summed E-state index contributed by atoms with van der Waals surface area (Å²) in [7, 11) is 0. The first-order valence-corrected chi connectivity index (χ1v) is 7.09. The van der Waals surface area contributed by atoms with Gasteiger partial charge in [0.2, 0.25) is 0 Å². The van der Waals surface area contributed by atoms with Gasteiger partial charge in [-0.1, -0.05) is 31.5 Å². The SMILES string of the molecule is CCC1(CC)C(N)CC1Oc1ccc(C)cc1Cl. The Bertz CT molecular complexity index is 429. The fourth-order valence-corrected chi connectivity index (χ4v) is 3.31. The molecule has 2 rings (SSSR count). The molecule has 2 N–H and O–H groups in total. The quantitative estimate of drug-likeness (QED) is 0.897. The van der Waals surface area contributed by atoms with Crippen molar-refractivity contribution in [1.29, 1.82) is 0 Å². The Balaban J connectivity index is 2.15. The fourth-order valence-electron chi connectivity index (χ4n) is 3.03. The van der Waals surface area contributed by atoms with Crippen LogP contribution in [0.4, 0.5) is 0 Å². The number of aryl methyl sites for hydroxylation is 1. The largest absolute Gasteiger partial charge is 0.488 e. The van der Waals surface area contributed by atoms with Gasteiger partial charge in [-0.05, 0) is 37.5 Å². The smallest absolute Gasteiger partial charge is 0.138 e. The Kier molecular flexibility index (Phi) is 3.88. The van der Waals surface area contributed by atoms with Crippen molar-refractivity contribution >= 4 is 11.6 Å². The third-order valence-electron chi connectivity index (χ3n) is 4.52. The van der Waals surface area contributed by atoms with Crippen LogP contribution in [0, 0.1) is 12.3 Å². The second-order valence-corrected chi connectivity index (χ2v) is 5.73. The van der Waals surface area contributed by atoms with Gasteiger partial charge in [0.1, 0.15) is 11.9 Å². The summed E-state index contributed by atoms with van der Waals surface area (Å²) < 4.78 is 6.09. The predicted octanol–water partition coefficient (Wildman–Crippen LogP) is 3.93. The Morgan fingerprint density at radius 1 is 1.39 bits per heavy atom. The first kappa shape index (κ1) is 13.7. The van der Waals surface area contributed by atoms with Crippen molar-refractivity contribution in [2.24, 2.45) is 11.1 Å². The van der Waals surface area contributed by atoms with Crippen LogP contribution in [0.3, 0.4) is 0 Å². The van der Waals surface area contributed by atoms with E-state index in [1.807, 2.05) is 25.1 Å². The van der Waals surface area contributed by atoms with Crippen molar-refractivity contribution in [1.82, 2.24) is 0 Å². The molecular weight excluding hydrogens is 246 g/mol. The number of hydrogen-bond acceptors (Lipinski definition) is 2. The number of hydrogen-bond donors (Lipinski definition) is 1. The van der Waals surface area contributed by atoms with Crippen LogP contribution in [-0.2, 0) is 0 Å². The second-order valence-electron chi connectivity index (χ2n) is 5.32. The molecule has 0 aliphatic heterocycles. The van der Waals surface area contributed by atoms with Gasteiger partial charge in [-0.15, -0.1) is 0 Å². The zero-order valence-corrected chi connectivity index (χ0v) is 12.1. The van der Waals surface area contributed by atoms with E-state index in [2.05, 4.69) is 13.8 Å². The Morgan fingerprint density at radius 2 is 2.06 bits per heavy atom. The molecule has 0 amide bonds. The maximum Gasteiger partial charge on any atom is 0.138 e. The second kappa shape index (κ2) is 5.10. The van der Waals surface area contributed by atoms with Crippen molar-refractivity contribution in [3.8, 4) is 5.75 Å². The maximum absolute atomic E-state index is 6.21. The molecule has 0 bridgehead atoms. The summed E-state index contributed by atoms with van der Waals surface area (Å²) in [6.45, 7) is 6.41. The van der Waals surface area contributed by atoms with E-state index >= 15 is 0 Å². The molecule has 1 aromatic carbocycles. The van der Waals surface area contributed by atoms with Crippen LogP contribution in [0.15, 0.2) is 18.2 Å². The van der Waals surface area contributed by atoms with E-state index in [4.69, 9.17) is 22.1 Å². The van der Waals surface area contributed by atoms with Gasteiger partial charge in [-0.25, -0.2) is 0 Å². The Hall–Kier alpha value is -0.730. The predicted molar refractivity (Wildman–Crippen MR) is 76.2 cm³/mol. The minimum absolute atomic E-state index is 0.119. The lowest BCUT2D eigenvalue weighted by Gasteiger charge is -2.53. The standard InChI is InChI=1S/C15H22ClNO/c1-4-15(5-2)13(17)9-14(15)18-12-7-6-10(3)8-11(12)16/h6-8,13-14H,4-5,9,17H2,1-3H3. The summed E-state index contributed by atoms with van der Waals surface area (Å²) in [5.74, 6) is 0.783. The monoisotopic (exact) mass is 267 g/mol. The summed E-state index contributed by atoms with van der Waals surface area (Å²) in [6.07, 6.45) is 3.23. The normalized spacial score (nSPS) is 25.6. The van der Waals surface area contributed by atoms with Crippen molar-refractivity contribution < 1.29 is 4.74 Å². The van der Waals surface area contributed by atoms with E-state index in [9.17, 15) is 0 Å². The average Bonchev–Trinajstić information content (AvgIpc) is 2.33. The average molecular weight is 268 g/mol. The molecule has 0 aromatic heterocycles. The summed E-state index contributed by atoms with van der Waals surface area (Å²) in [6, 6.07) is 6.17. The highest BCUT2D eigenvalue weighted by Gasteiger charge is 2.52. The third kappa shape index (κ3) is 2.12. The minimum Gasteiger partial charge on any atom is -0.488 e. The molecular formula is C15H22ClNO. The highest BCUT2D eigenvalue weighted by Crippen LogP contribution is 2.48. The summed E-state index contributed by atoms with van der Waals surface area (Å²) >= 11 is 6.21. The zero-order chi connectivity index (χ0) is 13.3. The lowest BCUT2D eigenvalue weighted by atomic mass is 9.59. The highest BCUT2D eigenvalue weighted by molar-refractivity contribution is 6.32. The molecule has 2 atom stereocenters. The maximum atomic E-state index is 6.21. The van der Waals surface area contributed by atoms with Crippen LogP contribution in [0.2, 0.25) is 5.02 Å². The van der Waals surface area contributed by atoms with Crippen molar-refractivity contribution in [2.45, 2.75) is 52.2 Å². The first-order valence-electron chi connectivity index (χ1n) is 6.72. The topological polar surface area (TPSA) is 35.2 Å². The molecule has 2 nitrogen and oxygen atoms in total. The van der Waals surface area contributed by atoms with E-state index in [0.717, 1.165) is 30.6 Å². The number of halogens is 1. The molecule has 18 heavy (non-hydrogen) atoms. The zero-order valence-electron chi connectivity index (χ0n) is 11.4. The van der Waals surface area contributed by atoms with Gasteiger partial charge in [-0.3, -0.25) is 0 Å². The fraction of sp³-hybridized carbons (Fsp3) is 0.600. The van der Waals surface area contributed by atoms with Crippen molar-refractivity contribution in [3.05, 3.63) is 28.8 Å². The van der Waals surface area contributed by atoms with Crippen LogP contribution in [-0.4, -0.2) is 12.1 Å². The van der Waals surface area contributed by atoms with Crippen molar-refractivity contribution in [2.75, 3.05) is 0 Å². The van der Waals surface area contributed by atoms with Gasteiger partial charge >= 0.3 is 0 Å². The molecule has 1 aromatic rings. The lowest BCUT2D eigenvalue weighted by Crippen LogP contribution is -2.62. The Labute approximate surface area is 114 Å². The first-order chi connectivity index (χ1) is 8.53. The number of nitrogens with two attached hydrogens (primary N) is 1. The lowest BCUT2D eigenvalue weighted by molar-refractivity contribution is -0.0722. The van der Waals surface area contributed by atoms with Crippen LogP contribution >= 0.6 is 11.6 Å².